The summed E-state index contributed by atoms with van der Waals surface area (Å²) in [6.45, 7) is 9.16. The molecule has 0 saturated heterocycles. The Balaban J connectivity index is 1.73. The molecule has 0 spiro atoms. The summed E-state index contributed by atoms with van der Waals surface area (Å²) in [5.41, 5.74) is 3.64. The van der Waals surface area contributed by atoms with Crippen LogP contribution in [0.1, 0.15) is 58.4 Å². The third-order valence-electron chi connectivity index (χ3n) is 5.14. The average molecular weight is 410 g/mol. The smallest absolute Gasteiger partial charge is 0.257 e. The standard InChI is InChI=1S/C22H27N5OS/c1-13(2)12-26(5)21(28)18-11-24-27(20(18)16-6-7-16)22-23-9-8-19(25-22)17-10-14(3)29-15(17)4/h8-11,13,16H,6-7,12H2,1-5H3. The van der Waals surface area contributed by atoms with Crippen molar-refractivity contribution in [2.75, 3.05) is 13.6 Å². The van der Waals surface area contributed by atoms with Gasteiger partial charge < -0.3 is 4.90 Å². The summed E-state index contributed by atoms with van der Waals surface area (Å²) in [5.74, 6) is 1.31. The maximum atomic E-state index is 13.0. The second-order valence-corrected chi connectivity index (χ2v) is 9.74. The third-order valence-corrected chi connectivity index (χ3v) is 6.10. The Bertz CT molecular complexity index is 1050. The number of carbonyl (C=O) groups is 1. The number of aromatic nitrogens is 4. The van der Waals surface area contributed by atoms with Gasteiger partial charge in [-0.3, -0.25) is 4.79 Å². The fourth-order valence-electron chi connectivity index (χ4n) is 3.75. The molecule has 1 aliphatic carbocycles. The van der Waals surface area contributed by atoms with Crippen molar-refractivity contribution < 1.29 is 4.79 Å². The highest BCUT2D eigenvalue weighted by Gasteiger charge is 2.34. The van der Waals surface area contributed by atoms with Crippen molar-refractivity contribution in [3.8, 4) is 17.2 Å². The average Bonchev–Trinajstić information content (AvgIpc) is 3.32. The van der Waals surface area contributed by atoms with Crippen LogP contribution in [0, 0.1) is 19.8 Å². The van der Waals surface area contributed by atoms with Crippen molar-refractivity contribution in [1.29, 1.82) is 0 Å². The molecule has 0 unspecified atom stereocenters. The van der Waals surface area contributed by atoms with E-state index in [1.54, 1.807) is 33.3 Å². The van der Waals surface area contributed by atoms with Gasteiger partial charge in [0.15, 0.2) is 0 Å². The van der Waals surface area contributed by atoms with Gasteiger partial charge in [0.25, 0.3) is 11.9 Å². The molecule has 0 radical (unpaired) electrons. The van der Waals surface area contributed by atoms with Crippen molar-refractivity contribution in [2.45, 2.75) is 46.5 Å². The largest absolute Gasteiger partial charge is 0.341 e. The Kier molecular flexibility index (Phi) is 5.25. The lowest BCUT2D eigenvalue weighted by Gasteiger charge is -2.19. The van der Waals surface area contributed by atoms with Gasteiger partial charge in [0.05, 0.1) is 23.1 Å². The molecule has 0 aromatic carbocycles. The maximum absolute atomic E-state index is 13.0. The van der Waals surface area contributed by atoms with Crippen molar-refractivity contribution in [3.05, 3.63) is 45.5 Å². The molecule has 6 nitrogen and oxygen atoms in total. The predicted molar refractivity (Wildman–Crippen MR) is 116 cm³/mol. The Morgan fingerprint density at radius 3 is 2.72 bits per heavy atom. The Morgan fingerprint density at radius 2 is 2.10 bits per heavy atom. The van der Waals surface area contributed by atoms with Crippen LogP contribution in [0.4, 0.5) is 0 Å². The van der Waals surface area contributed by atoms with E-state index in [9.17, 15) is 4.79 Å². The second kappa shape index (κ2) is 7.71. The van der Waals surface area contributed by atoms with E-state index in [0.717, 1.165) is 36.3 Å². The summed E-state index contributed by atoms with van der Waals surface area (Å²) in [5, 5.41) is 4.54. The number of hydrogen-bond donors (Lipinski definition) is 0. The van der Waals surface area contributed by atoms with Crippen LogP contribution >= 0.6 is 11.3 Å². The zero-order valence-corrected chi connectivity index (χ0v) is 18.5. The van der Waals surface area contributed by atoms with Gasteiger partial charge in [0.1, 0.15) is 0 Å². The number of hydrogen-bond acceptors (Lipinski definition) is 5. The van der Waals surface area contributed by atoms with Crippen molar-refractivity contribution in [1.82, 2.24) is 24.6 Å². The lowest BCUT2D eigenvalue weighted by molar-refractivity contribution is 0.0778. The molecule has 29 heavy (non-hydrogen) atoms. The quantitative estimate of drug-likeness (QED) is 0.596. The molecule has 1 aliphatic rings. The summed E-state index contributed by atoms with van der Waals surface area (Å²) in [6, 6.07) is 4.09. The van der Waals surface area contributed by atoms with Gasteiger partial charge in [0.2, 0.25) is 0 Å². The molecule has 3 heterocycles. The van der Waals surface area contributed by atoms with E-state index in [-0.39, 0.29) is 5.91 Å². The zero-order valence-electron chi connectivity index (χ0n) is 17.6. The van der Waals surface area contributed by atoms with Gasteiger partial charge in [0, 0.05) is 41.0 Å². The monoisotopic (exact) mass is 409 g/mol. The number of nitrogens with zero attached hydrogens (tertiary/aromatic N) is 5. The first-order valence-electron chi connectivity index (χ1n) is 10.1. The molecular formula is C22H27N5OS. The highest BCUT2D eigenvalue weighted by Crippen LogP contribution is 2.42. The molecule has 1 saturated carbocycles. The van der Waals surface area contributed by atoms with E-state index in [1.807, 2.05) is 13.1 Å². The maximum Gasteiger partial charge on any atom is 0.257 e. The molecule has 7 heteroatoms. The van der Waals surface area contributed by atoms with Crippen LogP contribution in [0.2, 0.25) is 0 Å². The highest BCUT2D eigenvalue weighted by atomic mass is 32.1. The number of aryl methyl sites for hydroxylation is 2. The zero-order chi connectivity index (χ0) is 20.7. The van der Waals surface area contributed by atoms with Gasteiger partial charge in [-0.1, -0.05) is 13.8 Å². The first-order valence-corrected chi connectivity index (χ1v) is 10.9. The van der Waals surface area contributed by atoms with Gasteiger partial charge in [-0.15, -0.1) is 11.3 Å². The second-order valence-electron chi connectivity index (χ2n) is 8.28. The van der Waals surface area contributed by atoms with E-state index in [2.05, 4.69) is 43.8 Å². The lowest BCUT2D eigenvalue weighted by atomic mass is 10.1. The molecule has 3 aromatic heterocycles. The summed E-state index contributed by atoms with van der Waals surface area (Å²) >= 11 is 1.77. The first kappa shape index (κ1) is 19.8. The molecule has 0 N–H and O–H groups in total. The molecule has 0 atom stereocenters. The van der Waals surface area contributed by atoms with Crippen LogP contribution in [0.3, 0.4) is 0 Å². The van der Waals surface area contributed by atoms with E-state index < -0.39 is 0 Å². The molecule has 0 bridgehead atoms. The van der Waals surface area contributed by atoms with E-state index in [4.69, 9.17) is 4.98 Å². The van der Waals surface area contributed by atoms with Crippen molar-refractivity contribution >= 4 is 17.2 Å². The molecule has 4 rings (SSSR count). The van der Waals surface area contributed by atoms with Crippen LogP contribution in [0.25, 0.3) is 17.2 Å². The third kappa shape index (κ3) is 3.96. The van der Waals surface area contributed by atoms with E-state index in [0.29, 0.717) is 23.3 Å². The predicted octanol–water partition coefficient (Wildman–Crippen LogP) is 4.61. The fraction of sp³-hybridized carbons (Fsp3) is 0.455. The first-order chi connectivity index (χ1) is 13.8. The van der Waals surface area contributed by atoms with Gasteiger partial charge in [-0.05, 0) is 44.7 Å². The van der Waals surface area contributed by atoms with Crippen LogP contribution < -0.4 is 0 Å². The molecule has 0 aliphatic heterocycles. The van der Waals surface area contributed by atoms with Crippen LogP contribution in [0.15, 0.2) is 24.5 Å². The van der Waals surface area contributed by atoms with E-state index >= 15 is 0 Å². The van der Waals surface area contributed by atoms with Crippen LogP contribution in [0.5, 0.6) is 0 Å². The number of rotatable bonds is 6. The van der Waals surface area contributed by atoms with Gasteiger partial charge in [-0.2, -0.15) is 5.10 Å². The lowest BCUT2D eigenvalue weighted by Crippen LogP contribution is -2.30. The summed E-state index contributed by atoms with van der Waals surface area (Å²) in [4.78, 5) is 26.6. The summed E-state index contributed by atoms with van der Waals surface area (Å²) in [7, 11) is 1.86. The minimum Gasteiger partial charge on any atom is -0.341 e. The van der Waals surface area contributed by atoms with Gasteiger partial charge in [-0.25, -0.2) is 14.6 Å². The number of amides is 1. The topological polar surface area (TPSA) is 63.9 Å². The molecule has 3 aromatic rings. The Morgan fingerprint density at radius 1 is 1.34 bits per heavy atom. The van der Waals surface area contributed by atoms with Crippen molar-refractivity contribution in [3.63, 3.8) is 0 Å². The minimum absolute atomic E-state index is 0.0207. The SMILES string of the molecule is Cc1cc(-c2ccnc(-n3ncc(C(=O)N(C)CC(C)C)c3C3CC3)n2)c(C)s1. The molecular weight excluding hydrogens is 382 g/mol. The van der Waals surface area contributed by atoms with Crippen LogP contribution in [-0.2, 0) is 0 Å². The molecule has 1 amide bonds. The molecule has 152 valence electrons. The van der Waals surface area contributed by atoms with E-state index in [1.165, 1.54) is 9.75 Å². The molecule has 1 fully saturated rings. The summed E-state index contributed by atoms with van der Waals surface area (Å²) in [6.07, 6.45) is 5.60. The normalized spacial score (nSPS) is 13.9. The van der Waals surface area contributed by atoms with Crippen molar-refractivity contribution in [2.24, 2.45) is 5.92 Å². The summed E-state index contributed by atoms with van der Waals surface area (Å²) < 4.78 is 1.77. The van der Waals surface area contributed by atoms with Crippen LogP contribution in [-0.4, -0.2) is 44.1 Å². The number of carbonyl (C=O) groups excluding carboxylic acids is 1. The number of thiophene rings is 1. The van der Waals surface area contributed by atoms with Gasteiger partial charge >= 0.3 is 0 Å². The fourth-order valence-corrected chi connectivity index (χ4v) is 4.69. The Hall–Kier alpha value is -2.54. The highest BCUT2D eigenvalue weighted by molar-refractivity contribution is 7.12. The minimum atomic E-state index is 0.0207. The Labute approximate surface area is 175 Å².